The maximum atomic E-state index is 13.8. The van der Waals surface area contributed by atoms with Crippen molar-refractivity contribution < 1.29 is 17.5 Å². The minimum atomic E-state index is -3.84. The Bertz CT molecular complexity index is 574. The number of benzene rings is 1. The van der Waals surface area contributed by atoms with Gasteiger partial charge in [-0.15, -0.1) is 0 Å². The van der Waals surface area contributed by atoms with Gasteiger partial charge in [-0.25, -0.2) is 17.5 Å². The maximum Gasteiger partial charge on any atom is 0.243 e. The molecule has 1 aromatic carbocycles. The normalized spacial score (nSPS) is 17.0. The van der Waals surface area contributed by atoms with Crippen molar-refractivity contribution in [2.75, 3.05) is 39.4 Å². The van der Waals surface area contributed by atoms with Gasteiger partial charge in [-0.1, -0.05) is 6.07 Å². The van der Waals surface area contributed by atoms with Gasteiger partial charge in [-0.3, -0.25) is 4.90 Å². The van der Waals surface area contributed by atoms with Crippen LogP contribution in [0.5, 0.6) is 0 Å². The van der Waals surface area contributed by atoms with E-state index in [0.29, 0.717) is 25.3 Å². The number of morpholine rings is 1. The highest BCUT2D eigenvalue weighted by molar-refractivity contribution is 7.89. The third-order valence-corrected chi connectivity index (χ3v) is 4.84. The number of nitrogens with two attached hydrogens (primary N) is 1. The second kappa shape index (κ2) is 7.28. The van der Waals surface area contributed by atoms with Crippen molar-refractivity contribution in [2.45, 2.75) is 11.4 Å². The standard InChI is InChI=1S/C13H20FN3O3S/c14-12-9-11(10-15)1-2-13(12)21(18,19)16-3-4-17-5-7-20-8-6-17/h1-2,9,16H,3-8,10,15H2. The van der Waals surface area contributed by atoms with Crippen molar-refractivity contribution in [1.29, 1.82) is 0 Å². The summed E-state index contributed by atoms with van der Waals surface area (Å²) < 4.78 is 45.6. The van der Waals surface area contributed by atoms with E-state index in [1.54, 1.807) is 0 Å². The van der Waals surface area contributed by atoms with Gasteiger partial charge in [0.05, 0.1) is 13.2 Å². The Morgan fingerprint density at radius 2 is 2.05 bits per heavy atom. The van der Waals surface area contributed by atoms with E-state index in [-0.39, 0.29) is 18.0 Å². The number of rotatable bonds is 6. The number of nitrogens with zero attached hydrogens (tertiary/aromatic N) is 1. The van der Waals surface area contributed by atoms with Gasteiger partial charge >= 0.3 is 0 Å². The highest BCUT2D eigenvalue weighted by Gasteiger charge is 2.19. The summed E-state index contributed by atoms with van der Waals surface area (Å²) in [7, 11) is -3.84. The van der Waals surface area contributed by atoms with E-state index in [0.717, 1.165) is 19.2 Å². The number of halogens is 1. The van der Waals surface area contributed by atoms with E-state index in [4.69, 9.17) is 10.5 Å². The predicted molar refractivity (Wildman–Crippen MR) is 76.7 cm³/mol. The molecule has 1 saturated heterocycles. The molecule has 3 N–H and O–H groups in total. The van der Waals surface area contributed by atoms with Crippen molar-refractivity contribution in [2.24, 2.45) is 5.73 Å². The van der Waals surface area contributed by atoms with E-state index in [1.165, 1.54) is 12.1 Å². The fraction of sp³-hybridized carbons (Fsp3) is 0.538. The molecule has 1 fully saturated rings. The summed E-state index contributed by atoms with van der Waals surface area (Å²) in [6, 6.07) is 3.91. The van der Waals surface area contributed by atoms with Crippen molar-refractivity contribution in [3.63, 3.8) is 0 Å². The molecule has 0 aromatic heterocycles. The van der Waals surface area contributed by atoms with E-state index >= 15 is 0 Å². The topological polar surface area (TPSA) is 84.7 Å². The average Bonchev–Trinajstić information content (AvgIpc) is 2.47. The van der Waals surface area contributed by atoms with Gasteiger partial charge in [0.2, 0.25) is 10.0 Å². The van der Waals surface area contributed by atoms with E-state index in [1.807, 2.05) is 0 Å². The van der Waals surface area contributed by atoms with Gasteiger partial charge in [0.25, 0.3) is 0 Å². The van der Waals surface area contributed by atoms with Crippen molar-refractivity contribution in [3.05, 3.63) is 29.6 Å². The zero-order chi connectivity index (χ0) is 15.3. The fourth-order valence-corrected chi connectivity index (χ4v) is 3.21. The number of sulfonamides is 1. The lowest BCUT2D eigenvalue weighted by Crippen LogP contribution is -2.41. The largest absolute Gasteiger partial charge is 0.379 e. The Labute approximate surface area is 124 Å². The molecule has 0 unspecified atom stereocenters. The number of ether oxygens (including phenoxy) is 1. The quantitative estimate of drug-likeness (QED) is 0.765. The Morgan fingerprint density at radius 1 is 1.33 bits per heavy atom. The average molecular weight is 317 g/mol. The first kappa shape index (κ1) is 16.3. The summed E-state index contributed by atoms with van der Waals surface area (Å²) in [4.78, 5) is 1.75. The van der Waals surface area contributed by atoms with Crippen LogP contribution in [0.4, 0.5) is 4.39 Å². The second-order valence-corrected chi connectivity index (χ2v) is 6.56. The Hall–Kier alpha value is -1.06. The number of hydrogen-bond acceptors (Lipinski definition) is 5. The molecule has 0 atom stereocenters. The summed E-state index contributed by atoms with van der Waals surface area (Å²) in [5.41, 5.74) is 5.95. The molecule has 8 heteroatoms. The molecule has 118 valence electrons. The highest BCUT2D eigenvalue weighted by Crippen LogP contribution is 2.15. The molecule has 2 rings (SSSR count). The first-order valence-corrected chi connectivity index (χ1v) is 8.29. The zero-order valence-electron chi connectivity index (χ0n) is 11.7. The van der Waals surface area contributed by atoms with Crippen molar-refractivity contribution >= 4 is 10.0 Å². The van der Waals surface area contributed by atoms with Crippen LogP contribution in [-0.4, -0.2) is 52.7 Å². The van der Waals surface area contributed by atoms with Crippen LogP contribution >= 0.6 is 0 Å². The van der Waals surface area contributed by atoms with Gasteiger partial charge in [0, 0.05) is 32.7 Å². The van der Waals surface area contributed by atoms with Gasteiger partial charge in [0.15, 0.2) is 0 Å². The minimum Gasteiger partial charge on any atom is -0.379 e. The molecule has 6 nitrogen and oxygen atoms in total. The first-order chi connectivity index (χ1) is 10.0. The summed E-state index contributed by atoms with van der Waals surface area (Å²) in [6.45, 7) is 3.85. The molecule has 0 amide bonds. The van der Waals surface area contributed by atoms with E-state index in [9.17, 15) is 12.8 Å². The van der Waals surface area contributed by atoms with Crippen LogP contribution in [0.25, 0.3) is 0 Å². The SMILES string of the molecule is NCc1ccc(S(=O)(=O)NCCN2CCOCC2)c(F)c1. The zero-order valence-corrected chi connectivity index (χ0v) is 12.5. The van der Waals surface area contributed by atoms with Crippen LogP contribution in [0, 0.1) is 5.82 Å². The lowest BCUT2D eigenvalue weighted by molar-refractivity contribution is 0.0390. The van der Waals surface area contributed by atoms with Crippen LogP contribution in [0.1, 0.15) is 5.56 Å². The maximum absolute atomic E-state index is 13.8. The molecule has 0 bridgehead atoms. The molecule has 1 aliphatic heterocycles. The molecule has 0 radical (unpaired) electrons. The molecule has 0 spiro atoms. The Morgan fingerprint density at radius 3 is 2.67 bits per heavy atom. The minimum absolute atomic E-state index is 0.168. The molecular formula is C13H20FN3O3S. The monoisotopic (exact) mass is 317 g/mol. The highest BCUT2D eigenvalue weighted by atomic mass is 32.2. The van der Waals surface area contributed by atoms with Crippen molar-refractivity contribution in [1.82, 2.24) is 9.62 Å². The van der Waals surface area contributed by atoms with Gasteiger partial charge in [-0.2, -0.15) is 0 Å². The van der Waals surface area contributed by atoms with Gasteiger partial charge in [0.1, 0.15) is 10.7 Å². The molecule has 1 aliphatic rings. The van der Waals surface area contributed by atoms with Crippen LogP contribution in [-0.2, 0) is 21.3 Å². The van der Waals surface area contributed by atoms with Crippen LogP contribution in [0.15, 0.2) is 23.1 Å². The van der Waals surface area contributed by atoms with Crippen molar-refractivity contribution in [3.8, 4) is 0 Å². The molecule has 1 heterocycles. The third-order valence-electron chi connectivity index (χ3n) is 3.35. The lowest BCUT2D eigenvalue weighted by atomic mass is 10.2. The predicted octanol–water partition coefficient (Wildman–Crippen LogP) is -0.105. The van der Waals surface area contributed by atoms with Crippen LogP contribution in [0.3, 0.4) is 0 Å². The molecule has 1 aromatic rings. The van der Waals surface area contributed by atoms with E-state index in [2.05, 4.69) is 9.62 Å². The van der Waals surface area contributed by atoms with E-state index < -0.39 is 15.8 Å². The molecule has 21 heavy (non-hydrogen) atoms. The Balaban J connectivity index is 1.94. The smallest absolute Gasteiger partial charge is 0.243 e. The summed E-state index contributed by atoms with van der Waals surface area (Å²) >= 11 is 0. The van der Waals surface area contributed by atoms with Crippen LogP contribution < -0.4 is 10.5 Å². The summed E-state index contributed by atoms with van der Waals surface area (Å²) in [6.07, 6.45) is 0. The second-order valence-electron chi connectivity index (χ2n) is 4.82. The molecular weight excluding hydrogens is 297 g/mol. The number of nitrogens with one attached hydrogen (secondary N) is 1. The molecule has 0 saturated carbocycles. The molecule has 0 aliphatic carbocycles. The van der Waals surface area contributed by atoms with Gasteiger partial charge < -0.3 is 10.5 Å². The third kappa shape index (κ3) is 4.45. The fourth-order valence-electron chi connectivity index (χ4n) is 2.13. The summed E-state index contributed by atoms with van der Waals surface area (Å²) in [5, 5.41) is 0. The lowest BCUT2D eigenvalue weighted by Gasteiger charge is -2.26. The first-order valence-electron chi connectivity index (χ1n) is 6.81. The van der Waals surface area contributed by atoms with Crippen LogP contribution in [0.2, 0.25) is 0 Å². The number of hydrogen-bond donors (Lipinski definition) is 2. The van der Waals surface area contributed by atoms with Gasteiger partial charge in [-0.05, 0) is 17.7 Å². The summed E-state index contributed by atoms with van der Waals surface area (Å²) in [5.74, 6) is -0.781. The Kier molecular flexibility index (Phi) is 5.65.